The summed E-state index contributed by atoms with van der Waals surface area (Å²) < 4.78 is 50.8. The van der Waals surface area contributed by atoms with Crippen LogP contribution in [0.1, 0.15) is 16.8 Å². The molecule has 1 aromatic heterocycles. The maximum absolute atomic E-state index is 13.2. The molecular formula is C13H11F4N3. The Kier molecular flexibility index (Phi) is 4.29. The van der Waals surface area contributed by atoms with Gasteiger partial charge in [0, 0.05) is 19.3 Å². The molecule has 0 saturated heterocycles. The highest BCUT2D eigenvalue weighted by molar-refractivity contribution is 5.26. The van der Waals surface area contributed by atoms with Crippen molar-refractivity contribution >= 4 is 0 Å². The number of hydrogen-bond acceptors (Lipinski definition) is 3. The normalized spacial score (nSPS) is 11.6. The standard InChI is InChI=1S/C13H11F4N3/c14-11-4-9(3-10(5-11)13(15,16)17)6-19-7-12-1-2-18-8-20-12/h1-5,8,19H,6-7H2. The molecular weight excluding hydrogens is 274 g/mol. The fourth-order valence-corrected chi connectivity index (χ4v) is 1.67. The van der Waals surface area contributed by atoms with Crippen molar-refractivity contribution in [3.63, 3.8) is 0 Å². The van der Waals surface area contributed by atoms with E-state index in [0.717, 1.165) is 12.1 Å². The molecule has 1 heterocycles. The maximum atomic E-state index is 13.2. The Labute approximate surface area is 112 Å². The second kappa shape index (κ2) is 5.96. The maximum Gasteiger partial charge on any atom is 0.416 e. The highest BCUT2D eigenvalue weighted by atomic mass is 19.4. The van der Waals surface area contributed by atoms with Crippen LogP contribution in [0.4, 0.5) is 17.6 Å². The molecule has 3 nitrogen and oxygen atoms in total. The lowest BCUT2D eigenvalue weighted by Crippen LogP contribution is -2.15. The lowest BCUT2D eigenvalue weighted by Gasteiger charge is -2.10. The molecule has 0 aliphatic carbocycles. The number of aromatic nitrogens is 2. The van der Waals surface area contributed by atoms with Crippen LogP contribution in [0.25, 0.3) is 0 Å². The van der Waals surface area contributed by atoms with Crippen molar-refractivity contribution in [2.75, 3.05) is 0 Å². The molecule has 106 valence electrons. The summed E-state index contributed by atoms with van der Waals surface area (Å²) in [6.45, 7) is 0.477. The van der Waals surface area contributed by atoms with Gasteiger partial charge in [-0.15, -0.1) is 0 Å². The van der Waals surface area contributed by atoms with E-state index in [-0.39, 0.29) is 12.1 Å². The van der Waals surface area contributed by atoms with Crippen LogP contribution in [0.5, 0.6) is 0 Å². The number of alkyl halides is 3. The van der Waals surface area contributed by atoms with Gasteiger partial charge in [0.05, 0.1) is 11.3 Å². The van der Waals surface area contributed by atoms with Crippen LogP contribution < -0.4 is 5.32 Å². The van der Waals surface area contributed by atoms with Gasteiger partial charge in [0.15, 0.2) is 0 Å². The van der Waals surface area contributed by atoms with E-state index in [0.29, 0.717) is 18.3 Å². The number of nitrogens with one attached hydrogen (secondary N) is 1. The molecule has 0 atom stereocenters. The Morgan fingerprint density at radius 2 is 1.90 bits per heavy atom. The van der Waals surface area contributed by atoms with Crippen molar-refractivity contribution in [3.8, 4) is 0 Å². The zero-order valence-electron chi connectivity index (χ0n) is 10.3. The summed E-state index contributed by atoms with van der Waals surface area (Å²) in [5, 5.41) is 2.90. The molecule has 0 aliphatic heterocycles. The summed E-state index contributed by atoms with van der Waals surface area (Å²) in [7, 11) is 0. The minimum atomic E-state index is -4.55. The molecule has 0 saturated carbocycles. The van der Waals surface area contributed by atoms with Crippen molar-refractivity contribution in [1.82, 2.24) is 15.3 Å². The molecule has 0 unspecified atom stereocenters. The van der Waals surface area contributed by atoms with Crippen LogP contribution in [-0.2, 0) is 19.3 Å². The van der Waals surface area contributed by atoms with Crippen molar-refractivity contribution in [2.45, 2.75) is 19.3 Å². The number of nitrogens with zero attached hydrogens (tertiary/aromatic N) is 2. The molecule has 0 amide bonds. The molecule has 7 heteroatoms. The molecule has 0 fully saturated rings. The summed E-state index contributed by atoms with van der Waals surface area (Å²) in [5.41, 5.74) is -0.0600. The zero-order chi connectivity index (χ0) is 14.6. The second-order valence-electron chi connectivity index (χ2n) is 4.15. The van der Waals surface area contributed by atoms with Crippen molar-refractivity contribution in [3.05, 3.63) is 59.4 Å². The van der Waals surface area contributed by atoms with Crippen molar-refractivity contribution in [1.29, 1.82) is 0 Å². The summed E-state index contributed by atoms with van der Waals surface area (Å²) in [6.07, 6.45) is -1.61. The molecule has 1 aromatic carbocycles. The predicted molar refractivity (Wildman–Crippen MR) is 64.0 cm³/mol. The first-order valence-corrected chi connectivity index (χ1v) is 5.77. The summed E-state index contributed by atoms with van der Waals surface area (Å²) in [6, 6.07) is 4.16. The Bertz CT molecular complexity index is 570. The third-order valence-electron chi connectivity index (χ3n) is 2.56. The molecule has 0 aliphatic rings. The topological polar surface area (TPSA) is 37.8 Å². The molecule has 2 rings (SSSR count). The third-order valence-corrected chi connectivity index (χ3v) is 2.56. The first-order valence-electron chi connectivity index (χ1n) is 5.77. The van der Waals surface area contributed by atoms with Crippen LogP contribution in [0, 0.1) is 5.82 Å². The highest BCUT2D eigenvalue weighted by Gasteiger charge is 2.31. The van der Waals surface area contributed by atoms with E-state index in [9.17, 15) is 17.6 Å². The van der Waals surface area contributed by atoms with Gasteiger partial charge in [-0.3, -0.25) is 0 Å². The molecule has 20 heavy (non-hydrogen) atoms. The third kappa shape index (κ3) is 3.99. The minimum absolute atomic E-state index is 0.116. The van der Waals surface area contributed by atoms with Crippen LogP contribution in [0.15, 0.2) is 36.8 Å². The average molecular weight is 285 g/mol. The van der Waals surface area contributed by atoms with E-state index >= 15 is 0 Å². The summed E-state index contributed by atoms with van der Waals surface area (Å²) in [5.74, 6) is -0.904. The lowest BCUT2D eigenvalue weighted by atomic mass is 10.1. The van der Waals surface area contributed by atoms with E-state index in [1.165, 1.54) is 6.33 Å². The van der Waals surface area contributed by atoms with Crippen LogP contribution in [-0.4, -0.2) is 9.97 Å². The van der Waals surface area contributed by atoms with Gasteiger partial charge in [0.25, 0.3) is 0 Å². The van der Waals surface area contributed by atoms with Crippen LogP contribution in [0.3, 0.4) is 0 Å². The molecule has 0 bridgehead atoms. The molecule has 0 spiro atoms. The van der Waals surface area contributed by atoms with Gasteiger partial charge in [-0.1, -0.05) is 0 Å². The van der Waals surface area contributed by atoms with Gasteiger partial charge in [0.2, 0.25) is 0 Å². The summed E-state index contributed by atoms with van der Waals surface area (Å²) in [4.78, 5) is 7.70. The Morgan fingerprint density at radius 1 is 1.10 bits per heavy atom. The number of rotatable bonds is 4. The second-order valence-corrected chi connectivity index (χ2v) is 4.15. The van der Waals surface area contributed by atoms with Gasteiger partial charge >= 0.3 is 6.18 Å². The van der Waals surface area contributed by atoms with Gasteiger partial charge in [-0.05, 0) is 29.8 Å². The minimum Gasteiger partial charge on any atom is -0.307 e. The smallest absolute Gasteiger partial charge is 0.307 e. The first kappa shape index (κ1) is 14.4. The predicted octanol–water partition coefficient (Wildman–Crippen LogP) is 2.92. The Balaban J connectivity index is 2.01. The molecule has 1 N–H and O–H groups in total. The molecule has 0 radical (unpaired) electrons. The Morgan fingerprint density at radius 3 is 2.55 bits per heavy atom. The lowest BCUT2D eigenvalue weighted by molar-refractivity contribution is -0.137. The van der Waals surface area contributed by atoms with Gasteiger partial charge in [-0.2, -0.15) is 13.2 Å². The fourth-order valence-electron chi connectivity index (χ4n) is 1.67. The van der Waals surface area contributed by atoms with E-state index in [1.807, 2.05) is 0 Å². The number of hydrogen-bond donors (Lipinski definition) is 1. The zero-order valence-corrected chi connectivity index (χ0v) is 10.3. The Hall–Kier alpha value is -2.02. The van der Waals surface area contributed by atoms with Gasteiger partial charge in [0.1, 0.15) is 12.1 Å². The average Bonchev–Trinajstić information content (AvgIpc) is 2.38. The monoisotopic (exact) mass is 285 g/mol. The van der Waals surface area contributed by atoms with Gasteiger partial charge < -0.3 is 5.32 Å². The van der Waals surface area contributed by atoms with Gasteiger partial charge in [-0.25, -0.2) is 14.4 Å². The van der Waals surface area contributed by atoms with E-state index in [4.69, 9.17) is 0 Å². The SMILES string of the molecule is Fc1cc(CNCc2ccncn2)cc(C(F)(F)F)c1. The van der Waals surface area contributed by atoms with Crippen LogP contribution >= 0.6 is 0 Å². The first-order chi connectivity index (χ1) is 9.45. The quantitative estimate of drug-likeness (QED) is 0.878. The van der Waals surface area contributed by atoms with Crippen LogP contribution in [0.2, 0.25) is 0 Å². The largest absolute Gasteiger partial charge is 0.416 e. The van der Waals surface area contributed by atoms with Crippen molar-refractivity contribution in [2.24, 2.45) is 0 Å². The van der Waals surface area contributed by atoms with E-state index < -0.39 is 17.6 Å². The fraction of sp³-hybridized carbons (Fsp3) is 0.231. The number of halogens is 4. The van der Waals surface area contributed by atoms with E-state index in [1.54, 1.807) is 12.3 Å². The highest BCUT2D eigenvalue weighted by Crippen LogP contribution is 2.30. The number of benzene rings is 1. The van der Waals surface area contributed by atoms with Crippen molar-refractivity contribution < 1.29 is 17.6 Å². The summed E-state index contributed by atoms with van der Waals surface area (Å²) >= 11 is 0. The molecule has 2 aromatic rings. The van der Waals surface area contributed by atoms with E-state index in [2.05, 4.69) is 15.3 Å².